The summed E-state index contributed by atoms with van der Waals surface area (Å²) in [4.78, 5) is 22.7. The lowest BCUT2D eigenvalue weighted by molar-refractivity contribution is -0.118. The van der Waals surface area contributed by atoms with Crippen LogP contribution in [0.5, 0.6) is 0 Å². The summed E-state index contributed by atoms with van der Waals surface area (Å²) in [5, 5.41) is 9.37. The fourth-order valence-electron chi connectivity index (χ4n) is 4.73. The minimum Gasteiger partial charge on any atom is -0.386 e. The zero-order chi connectivity index (χ0) is 24.2. The molecule has 0 aliphatic carbocycles. The van der Waals surface area contributed by atoms with Crippen molar-refractivity contribution in [2.75, 3.05) is 17.2 Å². The van der Waals surface area contributed by atoms with Gasteiger partial charge >= 0.3 is 0 Å². The van der Waals surface area contributed by atoms with E-state index in [1.165, 1.54) is 23.2 Å². The van der Waals surface area contributed by atoms with Gasteiger partial charge in [0.05, 0.1) is 21.1 Å². The largest absolute Gasteiger partial charge is 0.386 e. The molecule has 4 unspecified atom stereocenters. The van der Waals surface area contributed by atoms with Crippen LogP contribution in [0.15, 0.2) is 44.9 Å². The van der Waals surface area contributed by atoms with Gasteiger partial charge in [-0.1, -0.05) is 0 Å². The van der Waals surface area contributed by atoms with E-state index in [2.05, 4.69) is 14.3 Å². The fraction of sp³-hybridized carbons (Fsp3) is 0.455. The summed E-state index contributed by atoms with van der Waals surface area (Å²) in [6, 6.07) is 3.75. The maximum absolute atomic E-state index is 15.1. The summed E-state index contributed by atoms with van der Waals surface area (Å²) >= 11 is 0. The zero-order valence-electron chi connectivity index (χ0n) is 18.7. The first-order valence-electron chi connectivity index (χ1n) is 10.5. The summed E-state index contributed by atoms with van der Waals surface area (Å²) < 4.78 is 32.6. The molecule has 9 nitrogen and oxygen atoms in total. The lowest BCUT2D eigenvalue weighted by Crippen LogP contribution is -2.57. The molecule has 4 rings (SSSR count). The molecule has 3 aliphatic heterocycles. The third-order valence-corrected chi connectivity index (χ3v) is 9.95. The number of primary amides is 1. The summed E-state index contributed by atoms with van der Waals surface area (Å²) in [6.07, 6.45) is 4.37. The van der Waals surface area contributed by atoms with Crippen molar-refractivity contribution in [1.82, 2.24) is 4.98 Å². The van der Waals surface area contributed by atoms with Gasteiger partial charge in [0.1, 0.15) is 45.6 Å². The van der Waals surface area contributed by atoms with Crippen LogP contribution in [-0.4, -0.2) is 44.0 Å². The van der Waals surface area contributed by atoms with Crippen molar-refractivity contribution in [2.24, 2.45) is 20.8 Å². The number of allylic oxidation sites excluding steroid dienone is 2. The van der Waals surface area contributed by atoms with Crippen molar-refractivity contribution in [1.29, 1.82) is 5.26 Å². The summed E-state index contributed by atoms with van der Waals surface area (Å²) in [7, 11) is -2.83. The van der Waals surface area contributed by atoms with Gasteiger partial charge in [0.15, 0.2) is 0 Å². The summed E-state index contributed by atoms with van der Waals surface area (Å²) in [6.45, 7) is 5.57. The first-order valence-corrected chi connectivity index (χ1v) is 12.2. The number of amidine groups is 1. The second-order valence-electron chi connectivity index (χ2n) is 9.04. The standard InChI is InChI=1S/C22H26FN7O2S/c1-13-9-14(10-24)11-30(17(13)19(25)31)16-6-5-15(23)18(28-16)21(2)12-33(32)22(3,20(26)29-21)7-4-8-27-33/h5-6,9,11,17H,4,7-8,12H2,1-3H3,(H2,25,31)(H2,26,29). The smallest absolute Gasteiger partial charge is 0.244 e. The van der Waals surface area contributed by atoms with Crippen molar-refractivity contribution in [3.05, 3.63) is 47.1 Å². The van der Waals surface area contributed by atoms with Gasteiger partial charge in [0.2, 0.25) is 5.91 Å². The molecule has 0 saturated heterocycles. The van der Waals surface area contributed by atoms with Crippen LogP contribution >= 0.6 is 0 Å². The van der Waals surface area contributed by atoms with Crippen molar-refractivity contribution < 1.29 is 13.4 Å². The Balaban J connectivity index is 1.86. The van der Waals surface area contributed by atoms with Crippen LogP contribution in [0.25, 0.3) is 0 Å². The first kappa shape index (κ1) is 22.9. The number of fused-ring (bicyclic) bond motifs is 1. The number of anilines is 1. The molecule has 174 valence electrons. The second kappa shape index (κ2) is 7.66. The number of hydrogen-bond acceptors (Lipinski definition) is 8. The fourth-order valence-corrected chi connectivity index (χ4v) is 7.64. The normalized spacial score (nSPS) is 33.6. The van der Waals surface area contributed by atoms with E-state index < -0.39 is 37.8 Å². The Morgan fingerprint density at radius 1 is 1.39 bits per heavy atom. The molecule has 11 heteroatoms. The van der Waals surface area contributed by atoms with Crippen LogP contribution in [-0.2, 0) is 20.1 Å². The molecule has 3 aliphatic rings. The number of hydrogen-bond donors (Lipinski definition) is 2. The number of nitrogens with zero attached hydrogens (tertiary/aromatic N) is 5. The topological polar surface area (TPSA) is 151 Å². The van der Waals surface area contributed by atoms with E-state index >= 15 is 4.39 Å². The third kappa shape index (κ3) is 3.49. The first-order chi connectivity index (χ1) is 15.4. The maximum atomic E-state index is 15.1. The summed E-state index contributed by atoms with van der Waals surface area (Å²) in [5.41, 5.74) is 11.4. The lowest BCUT2D eigenvalue weighted by atomic mass is 9.96. The summed E-state index contributed by atoms with van der Waals surface area (Å²) in [5.74, 6) is -0.939. The van der Waals surface area contributed by atoms with Crippen LogP contribution in [0, 0.1) is 17.1 Å². The van der Waals surface area contributed by atoms with Crippen LogP contribution < -0.4 is 16.4 Å². The van der Waals surface area contributed by atoms with E-state index in [4.69, 9.17) is 11.5 Å². The van der Waals surface area contributed by atoms with Gasteiger partial charge in [0.25, 0.3) is 0 Å². The Bertz CT molecular complexity index is 1300. The molecule has 0 fully saturated rings. The van der Waals surface area contributed by atoms with E-state index in [0.29, 0.717) is 24.1 Å². The molecule has 1 aromatic heterocycles. The van der Waals surface area contributed by atoms with Crippen LogP contribution in [0.3, 0.4) is 0 Å². The average molecular weight is 472 g/mol. The average Bonchev–Trinajstić information content (AvgIpc) is 2.74. The van der Waals surface area contributed by atoms with E-state index in [1.807, 2.05) is 6.07 Å². The predicted molar refractivity (Wildman–Crippen MR) is 124 cm³/mol. The Morgan fingerprint density at radius 2 is 2.12 bits per heavy atom. The van der Waals surface area contributed by atoms with E-state index in [1.54, 1.807) is 26.8 Å². The number of aromatic nitrogens is 1. The lowest BCUT2D eigenvalue weighted by Gasteiger charge is -2.43. The minimum atomic E-state index is -2.83. The number of carbonyl (C=O) groups is 1. The van der Waals surface area contributed by atoms with Crippen molar-refractivity contribution in [3.8, 4) is 6.07 Å². The van der Waals surface area contributed by atoms with E-state index in [9.17, 15) is 14.3 Å². The van der Waals surface area contributed by atoms with Crippen LogP contribution in [0.1, 0.15) is 39.3 Å². The SMILES string of the molecule is CC1=CC(C#N)=CN(c2ccc(F)c(C3(C)CS4(=O)=NCCCC4(C)C(N)=N3)n2)C1C(N)=O. The van der Waals surface area contributed by atoms with E-state index in [0.717, 1.165) is 6.42 Å². The molecule has 4 heterocycles. The van der Waals surface area contributed by atoms with Gasteiger partial charge in [-0.3, -0.25) is 9.79 Å². The third-order valence-electron chi connectivity index (χ3n) is 6.58. The molecule has 1 aromatic rings. The Morgan fingerprint density at radius 3 is 2.79 bits per heavy atom. The molecule has 4 atom stereocenters. The number of rotatable bonds is 3. The van der Waals surface area contributed by atoms with Crippen LogP contribution in [0.4, 0.5) is 10.2 Å². The highest BCUT2D eigenvalue weighted by atomic mass is 32.2. The molecular formula is C22H26FN7O2S. The van der Waals surface area contributed by atoms with Crippen molar-refractivity contribution in [3.63, 3.8) is 0 Å². The number of aliphatic imine (C=N–C) groups is 1. The molecule has 33 heavy (non-hydrogen) atoms. The molecule has 1 amide bonds. The van der Waals surface area contributed by atoms with Gasteiger partial charge in [-0.2, -0.15) is 5.26 Å². The maximum Gasteiger partial charge on any atom is 0.244 e. The van der Waals surface area contributed by atoms with Crippen LogP contribution in [0.2, 0.25) is 0 Å². The van der Waals surface area contributed by atoms with Gasteiger partial charge in [0, 0.05) is 12.7 Å². The molecular weight excluding hydrogens is 445 g/mol. The van der Waals surface area contributed by atoms with Gasteiger partial charge in [-0.05, 0) is 57.4 Å². The highest BCUT2D eigenvalue weighted by molar-refractivity contribution is 7.95. The number of nitrogens with two attached hydrogens (primary N) is 2. The molecule has 0 saturated carbocycles. The van der Waals surface area contributed by atoms with Gasteiger partial charge < -0.3 is 16.4 Å². The monoisotopic (exact) mass is 471 g/mol. The van der Waals surface area contributed by atoms with Gasteiger partial charge in [-0.15, -0.1) is 0 Å². The molecule has 0 radical (unpaired) electrons. The second-order valence-corrected chi connectivity index (χ2v) is 11.8. The Kier molecular flexibility index (Phi) is 5.32. The predicted octanol–water partition coefficient (Wildman–Crippen LogP) is 1.85. The van der Waals surface area contributed by atoms with Crippen molar-refractivity contribution >= 4 is 27.3 Å². The number of pyridine rings is 1. The zero-order valence-corrected chi connectivity index (χ0v) is 19.5. The molecule has 0 bridgehead atoms. The van der Waals surface area contributed by atoms with Crippen molar-refractivity contribution in [2.45, 2.75) is 49.9 Å². The number of amides is 1. The van der Waals surface area contributed by atoms with E-state index in [-0.39, 0.29) is 23.1 Å². The molecule has 0 aromatic carbocycles. The highest BCUT2D eigenvalue weighted by Gasteiger charge is 2.52. The molecule has 4 N–H and O–H groups in total. The van der Waals surface area contributed by atoms with Gasteiger partial charge in [-0.25, -0.2) is 17.9 Å². The number of carbonyl (C=O) groups excluding carboxylic acids is 1. The minimum absolute atomic E-state index is 0.0258. The Hall–Kier alpha value is -3.26. The Labute approximate surface area is 192 Å². The number of halogens is 1. The molecule has 0 spiro atoms. The number of nitriles is 1. The highest BCUT2D eigenvalue weighted by Crippen LogP contribution is 2.42. The quantitative estimate of drug-likeness (QED) is 0.687.